The summed E-state index contributed by atoms with van der Waals surface area (Å²) in [6.07, 6.45) is 1.57. The summed E-state index contributed by atoms with van der Waals surface area (Å²) in [7, 11) is 1.69. The van der Waals surface area contributed by atoms with E-state index in [2.05, 4.69) is 48.2 Å². The average molecular weight is 348 g/mol. The van der Waals surface area contributed by atoms with Gasteiger partial charge in [-0.15, -0.1) is 12.4 Å². The number of likely N-dealkylation sites (tertiary alicyclic amines) is 1. The SMILES string of the molecule is COc1ccc(CN2CCC(O)(c3ccc(C)cc3)CC2)cc1.Cl. The Hall–Kier alpha value is -1.55. The summed E-state index contributed by atoms with van der Waals surface area (Å²) in [6.45, 7) is 4.83. The number of hydrogen-bond acceptors (Lipinski definition) is 3. The first-order valence-electron chi connectivity index (χ1n) is 8.24. The monoisotopic (exact) mass is 347 g/mol. The van der Waals surface area contributed by atoms with Gasteiger partial charge in [-0.05, 0) is 43.0 Å². The van der Waals surface area contributed by atoms with Crippen LogP contribution in [-0.2, 0) is 12.1 Å². The van der Waals surface area contributed by atoms with Gasteiger partial charge in [-0.3, -0.25) is 4.90 Å². The highest BCUT2D eigenvalue weighted by atomic mass is 35.5. The molecule has 3 nitrogen and oxygen atoms in total. The van der Waals surface area contributed by atoms with Crippen LogP contribution in [0.3, 0.4) is 0 Å². The number of methoxy groups -OCH3 is 1. The van der Waals surface area contributed by atoms with Crippen molar-refractivity contribution in [3.05, 3.63) is 65.2 Å². The highest BCUT2D eigenvalue weighted by molar-refractivity contribution is 5.85. The van der Waals surface area contributed by atoms with E-state index in [1.165, 1.54) is 11.1 Å². The molecule has 0 saturated carbocycles. The molecule has 1 fully saturated rings. The summed E-state index contributed by atoms with van der Waals surface area (Å²) in [6, 6.07) is 16.5. The number of hydrogen-bond donors (Lipinski definition) is 1. The van der Waals surface area contributed by atoms with E-state index in [-0.39, 0.29) is 12.4 Å². The summed E-state index contributed by atoms with van der Waals surface area (Å²) in [5.74, 6) is 0.890. The lowest BCUT2D eigenvalue weighted by atomic mass is 9.84. The highest BCUT2D eigenvalue weighted by Crippen LogP contribution is 2.33. The fraction of sp³-hybridized carbons (Fsp3) is 0.400. The third-order valence-electron chi connectivity index (χ3n) is 4.84. The maximum absolute atomic E-state index is 10.9. The summed E-state index contributed by atoms with van der Waals surface area (Å²) in [5.41, 5.74) is 2.89. The number of halogens is 1. The standard InChI is InChI=1S/C20H25NO2.ClH/c1-16-3-7-18(8-4-16)20(22)11-13-21(14-12-20)15-17-5-9-19(23-2)10-6-17;/h3-10,22H,11-15H2,1-2H3;1H. The molecule has 130 valence electrons. The lowest BCUT2D eigenvalue weighted by Crippen LogP contribution is -2.42. The lowest BCUT2D eigenvalue weighted by Gasteiger charge is -2.38. The van der Waals surface area contributed by atoms with Gasteiger partial charge >= 0.3 is 0 Å². The van der Waals surface area contributed by atoms with Crippen molar-refractivity contribution in [1.82, 2.24) is 4.90 Å². The number of aliphatic hydroxyl groups is 1. The van der Waals surface area contributed by atoms with E-state index < -0.39 is 5.60 Å². The van der Waals surface area contributed by atoms with E-state index in [0.717, 1.165) is 43.8 Å². The molecule has 4 heteroatoms. The molecule has 0 radical (unpaired) electrons. The zero-order chi connectivity index (χ0) is 16.3. The highest BCUT2D eigenvalue weighted by Gasteiger charge is 2.33. The van der Waals surface area contributed by atoms with E-state index >= 15 is 0 Å². The average Bonchev–Trinajstić information content (AvgIpc) is 2.58. The van der Waals surface area contributed by atoms with E-state index in [1.807, 2.05) is 12.1 Å². The van der Waals surface area contributed by atoms with Crippen LogP contribution in [0, 0.1) is 6.92 Å². The van der Waals surface area contributed by atoms with Gasteiger partial charge in [0, 0.05) is 19.6 Å². The van der Waals surface area contributed by atoms with Crippen LogP contribution in [-0.4, -0.2) is 30.2 Å². The Balaban J connectivity index is 0.00000208. The van der Waals surface area contributed by atoms with E-state index in [4.69, 9.17) is 4.74 Å². The van der Waals surface area contributed by atoms with Crippen LogP contribution in [0.4, 0.5) is 0 Å². The van der Waals surface area contributed by atoms with Crippen molar-refractivity contribution < 1.29 is 9.84 Å². The minimum Gasteiger partial charge on any atom is -0.497 e. The van der Waals surface area contributed by atoms with Crippen molar-refractivity contribution in [3.8, 4) is 5.75 Å². The molecule has 24 heavy (non-hydrogen) atoms. The predicted molar refractivity (Wildman–Crippen MR) is 99.8 cm³/mol. The molecule has 0 atom stereocenters. The maximum Gasteiger partial charge on any atom is 0.118 e. The van der Waals surface area contributed by atoms with Crippen LogP contribution in [0.25, 0.3) is 0 Å². The molecule has 3 rings (SSSR count). The zero-order valence-corrected chi connectivity index (χ0v) is 15.2. The Morgan fingerprint density at radius 3 is 2.12 bits per heavy atom. The fourth-order valence-electron chi connectivity index (χ4n) is 3.22. The number of ether oxygens (including phenoxy) is 1. The van der Waals surface area contributed by atoms with Gasteiger partial charge in [0.2, 0.25) is 0 Å². The maximum atomic E-state index is 10.9. The van der Waals surface area contributed by atoms with Gasteiger partial charge < -0.3 is 9.84 Å². The van der Waals surface area contributed by atoms with E-state index in [0.29, 0.717) is 0 Å². The number of aryl methyl sites for hydroxylation is 1. The van der Waals surface area contributed by atoms with Gasteiger partial charge in [-0.2, -0.15) is 0 Å². The number of nitrogens with zero attached hydrogens (tertiary/aromatic N) is 1. The molecule has 0 unspecified atom stereocenters. The van der Waals surface area contributed by atoms with Crippen LogP contribution in [0.5, 0.6) is 5.75 Å². The summed E-state index contributed by atoms with van der Waals surface area (Å²) in [5, 5.41) is 10.9. The second kappa shape index (κ2) is 8.02. The van der Waals surface area contributed by atoms with Crippen LogP contribution in [0.1, 0.15) is 29.5 Å². The molecule has 1 saturated heterocycles. The first kappa shape index (κ1) is 18.8. The Bertz CT molecular complexity index is 632. The largest absolute Gasteiger partial charge is 0.497 e. The lowest BCUT2D eigenvalue weighted by molar-refractivity contribution is -0.0277. The minimum atomic E-state index is -0.676. The molecule has 2 aromatic rings. The molecular weight excluding hydrogens is 322 g/mol. The summed E-state index contributed by atoms with van der Waals surface area (Å²) in [4.78, 5) is 2.41. The van der Waals surface area contributed by atoms with E-state index in [1.54, 1.807) is 7.11 Å². The smallest absolute Gasteiger partial charge is 0.118 e. The molecule has 1 aliphatic rings. The van der Waals surface area contributed by atoms with Crippen molar-refractivity contribution in [3.63, 3.8) is 0 Å². The normalized spacial score (nSPS) is 17.1. The van der Waals surface area contributed by atoms with Gasteiger partial charge in [0.25, 0.3) is 0 Å². The van der Waals surface area contributed by atoms with Crippen molar-refractivity contribution >= 4 is 12.4 Å². The summed E-state index contributed by atoms with van der Waals surface area (Å²) >= 11 is 0. The quantitative estimate of drug-likeness (QED) is 0.910. The van der Waals surface area contributed by atoms with Crippen LogP contribution >= 0.6 is 12.4 Å². The molecule has 0 amide bonds. The van der Waals surface area contributed by atoms with Crippen molar-refractivity contribution in [1.29, 1.82) is 0 Å². The molecule has 0 bridgehead atoms. The first-order chi connectivity index (χ1) is 11.1. The second-order valence-electron chi connectivity index (χ2n) is 6.52. The molecule has 2 aromatic carbocycles. The molecule has 0 aliphatic carbocycles. The third-order valence-corrected chi connectivity index (χ3v) is 4.84. The fourth-order valence-corrected chi connectivity index (χ4v) is 3.22. The second-order valence-corrected chi connectivity index (χ2v) is 6.52. The Morgan fingerprint density at radius 2 is 1.58 bits per heavy atom. The van der Waals surface area contributed by atoms with Crippen LogP contribution < -0.4 is 4.74 Å². The zero-order valence-electron chi connectivity index (χ0n) is 14.4. The van der Waals surface area contributed by atoms with Crippen molar-refractivity contribution in [2.24, 2.45) is 0 Å². The number of piperidine rings is 1. The Morgan fingerprint density at radius 1 is 1.00 bits per heavy atom. The first-order valence-corrected chi connectivity index (χ1v) is 8.24. The molecule has 0 spiro atoms. The van der Waals surface area contributed by atoms with Gasteiger partial charge in [-0.25, -0.2) is 0 Å². The molecule has 1 heterocycles. The molecule has 1 aliphatic heterocycles. The third kappa shape index (κ3) is 4.29. The van der Waals surface area contributed by atoms with E-state index in [9.17, 15) is 5.11 Å². The molecular formula is C20H26ClNO2. The summed E-state index contributed by atoms with van der Waals surface area (Å²) < 4.78 is 5.20. The van der Waals surface area contributed by atoms with Gasteiger partial charge in [-0.1, -0.05) is 42.0 Å². The molecule has 1 N–H and O–H groups in total. The van der Waals surface area contributed by atoms with Gasteiger partial charge in [0.1, 0.15) is 5.75 Å². The Kier molecular flexibility index (Phi) is 6.27. The van der Waals surface area contributed by atoms with Gasteiger partial charge in [0.05, 0.1) is 12.7 Å². The Labute approximate surface area is 150 Å². The van der Waals surface area contributed by atoms with Crippen LogP contribution in [0.2, 0.25) is 0 Å². The van der Waals surface area contributed by atoms with Crippen molar-refractivity contribution in [2.45, 2.75) is 31.9 Å². The van der Waals surface area contributed by atoms with Crippen molar-refractivity contribution in [2.75, 3.05) is 20.2 Å². The number of benzene rings is 2. The minimum absolute atomic E-state index is 0. The topological polar surface area (TPSA) is 32.7 Å². The number of rotatable bonds is 4. The van der Waals surface area contributed by atoms with Crippen LogP contribution in [0.15, 0.2) is 48.5 Å². The van der Waals surface area contributed by atoms with Gasteiger partial charge in [0.15, 0.2) is 0 Å². The predicted octanol–water partition coefficient (Wildman–Crippen LogP) is 3.91. The molecule has 0 aromatic heterocycles.